The van der Waals surface area contributed by atoms with E-state index >= 15 is 0 Å². The lowest BCUT2D eigenvalue weighted by molar-refractivity contribution is 0.859. The van der Waals surface area contributed by atoms with E-state index < -0.39 is 0 Å². The molecule has 0 aliphatic carbocycles. The van der Waals surface area contributed by atoms with Gasteiger partial charge in [-0.25, -0.2) is 9.97 Å². The van der Waals surface area contributed by atoms with Crippen LogP contribution in [0.25, 0.3) is 0 Å². The number of rotatable bonds is 5. The molecule has 0 atom stereocenters. The van der Waals surface area contributed by atoms with Crippen LogP contribution in [0.4, 0.5) is 5.82 Å². The topological polar surface area (TPSA) is 37.8 Å². The first-order valence-electron chi connectivity index (χ1n) is 4.97. The molecule has 1 N–H and O–H groups in total. The summed E-state index contributed by atoms with van der Waals surface area (Å²) < 4.78 is 0. The second kappa shape index (κ2) is 5.86. The van der Waals surface area contributed by atoms with Gasteiger partial charge in [-0.2, -0.15) is 0 Å². The van der Waals surface area contributed by atoms with E-state index in [2.05, 4.69) is 29.1 Å². The minimum absolute atomic E-state index is 0.970. The van der Waals surface area contributed by atoms with Crippen molar-refractivity contribution in [2.75, 3.05) is 18.1 Å². The van der Waals surface area contributed by atoms with E-state index in [1.165, 1.54) is 5.56 Å². The van der Waals surface area contributed by atoms with E-state index in [0.29, 0.717) is 0 Å². The average Bonchev–Trinajstić information content (AvgIpc) is 2.21. The van der Waals surface area contributed by atoms with Crippen LogP contribution < -0.4 is 5.32 Å². The number of aromatic nitrogens is 2. The Kier molecular flexibility index (Phi) is 4.73. The summed E-state index contributed by atoms with van der Waals surface area (Å²) in [6.45, 7) is 4.31. The highest BCUT2D eigenvalue weighted by Crippen LogP contribution is 2.25. The van der Waals surface area contributed by atoms with Crippen LogP contribution in [-0.2, 0) is 6.42 Å². The monoisotopic (exact) mass is 211 g/mol. The summed E-state index contributed by atoms with van der Waals surface area (Å²) in [6.07, 6.45) is 3.79. The third-order valence-electron chi connectivity index (χ3n) is 1.92. The Hall–Kier alpha value is -0.770. The molecular formula is C10H17N3S. The predicted octanol–water partition coefficient (Wildman–Crippen LogP) is 2.58. The van der Waals surface area contributed by atoms with Gasteiger partial charge in [0.15, 0.2) is 0 Å². The first-order valence-corrected chi connectivity index (χ1v) is 5.96. The standard InChI is InChI=1S/C10H17N3S/c1-4-6-8-9(11-3)12-7-13-10(8)14-5-2/h7H,4-6H2,1-3H3,(H,11,12,13). The van der Waals surface area contributed by atoms with Gasteiger partial charge in [0.25, 0.3) is 0 Å². The Balaban J connectivity index is 3.00. The number of thioether (sulfide) groups is 1. The van der Waals surface area contributed by atoms with Gasteiger partial charge in [0.05, 0.1) is 0 Å². The zero-order valence-electron chi connectivity index (χ0n) is 9.00. The van der Waals surface area contributed by atoms with Crippen molar-refractivity contribution in [3.05, 3.63) is 11.9 Å². The summed E-state index contributed by atoms with van der Waals surface area (Å²) in [5.74, 6) is 2.02. The first-order chi connectivity index (χ1) is 6.83. The van der Waals surface area contributed by atoms with Gasteiger partial charge < -0.3 is 5.32 Å². The molecule has 4 heteroatoms. The molecule has 1 aromatic rings. The molecule has 78 valence electrons. The van der Waals surface area contributed by atoms with Crippen molar-refractivity contribution in [1.29, 1.82) is 0 Å². The minimum Gasteiger partial charge on any atom is -0.373 e. The number of anilines is 1. The molecule has 0 aromatic carbocycles. The van der Waals surface area contributed by atoms with Crippen molar-refractivity contribution in [2.45, 2.75) is 31.7 Å². The summed E-state index contributed by atoms with van der Waals surface area (Å²) in [7, 11) is 1.90. The van der Waals surface area contributed by atoms with Gasteiger partial charge in [0, 0.05) is 12.6 Å². The van der Waals surface area contributed by atoms with Crippen LogP contribution in [0.2, 0.25) is 0 Å². The fourth-order valence-corrected chi connectivity index (χ4v) is 2.12. The van der Waals surface area contributed by atoms with E-state index in [0.717, 1.165) is 29.4 Å². The molecular weight excluding hydrogens is 194 g/mol. The second-order valence-corrected chi connectivity index (χ2v) is 4.19. The van der Waals surface area contributed by atoms with Crippen molar-refractivity contribution in [3.63, 3.8) is 0 Å². The Bertz CT molecular complexity index is 289. The number of nitrogens with one attached hydrogen (secondary N) is 1. The molecule has 1 aromatic heterocycles. The van der Waals surface area contributed by atoms with Crippen molar-refractivity contribution in [1.82, 2.24) is 9.97 Å². The van der Waals surface area contributed by atoms with Crippen molar-refractivity contribution < 1.29 is 0 Å². The molecule has 1 heterocycles. The Morgan fingerprint density at radius 1 is 1.36 bits per heavy atom. The Morgan fingerprint density at radius 2 is 2.14 bits per heavy atom. The van der Waals surface area contributed by atoms with E-state index in [1.807, 2.05) is 7.05 Å². The molecule has 14 heavy (non-hydrogen) atoms. The van der Waals surface area contributed by atoms with Gasteiger partial charge in [0.1, 0.15) is 17.2 Å². The zero-order valence-corrected chi connectivity index (χ0v) is 9.82. The van der Waals surface area contributed by atoms with Gasteiger partial charge in [0.2, 0.25) is 0 Å². The third kappa shape index (κ3) is 2.61. The molecule has 0 aliphatic rings. The van der Waals surface area contributed by atoms with Crippen LogP contribution in [0, 0.1) is 0 Å². The summed E-state index contributed by atoms with van der Waals surface area (Å²) in [4.78, 5) is 8.53. The van der Waals surface area contributed by atoms with Gasteiger partial charge in [-0.1, -0.05) is 20.3 Å². The summed E-state index contributed by atoms with van der Waals surface area (Å²) in [5.41, 5.74) is 1.25. The normalized spacial score (nSPS) is 10.2. The molecule has 1 rings (SSSR count). The van der Waals surface area contributed by atoms with Crippen LogP contribution in [0.15, 0.2) is 11.4 Å². The van der Waals surface area contributed by atoms with Crippen LogP contribution in [0.5, 0.6) is 0 Å². The summed E-state index contributed by atoms with van der Waals surface area (Å²) >= 11 is 1.78. The predicted molar refractivity (Wildman–Crippen MR) is 62.0 cm³/mol. The highest BCUT2D eigenvalue weighted by Gasteiger charge is 2.08. The van der Waals surface area contributed by atoms with Gasteiger partial charge >= 0.3 is 0 Å². The van der Waals surface area contributed by atoms with Gasteiger partial charge in [-0.3, -0.25) is 0 Å². The van der Waals surface area contributed by atoms with Crippen LogP contribution in [0.1, 0.15) is 25.8 Å². The molecule has 0 spiro atoms. The summed E-state index contributed by atoms with van der Waals surface area (Å²) in [5, 5.41) is 4.23. The Labute approximate surface area is 89.7 Å². The smallest absolute Gasteiger partial charge is 0.133 e. The average molecular weight is 211 g/mol. The molecule has 0 amide bonds. The molecule has 0 aliphatic heterocycles. The van der Waals surface area contributed by atoms with Crippen LogP contribution >= 0.6 is 11.8 Å². The first kappa shape index (κ1) is 11.3. The van der Waals surface area contributed by atoms with Gasteiger partial charge in [-0.05, 0) is 12.2 Å². The van der Waals surface area contributed by atoms with Crippen LogP contribution in [-0.4, -0.2) is 22.8 Å². The zero-order chi connectivity index (χ0) is 10.4. The largest absolute Gasteiger partial charge is 0.373 e. The van der Waals surface area contributed by atoms with Crippen molar-refractivity contribution in [2.24, 2.45) is 0 Å². The Morgan fingerprint density at radius 3 is 2.71 bits per heavy atom. The SMILES string of the molecule is CCCc1c(NC)ncnc1SCC. The maximum atomic E-state index is 4.31. The van der Waals surface area contributed by atoms with E-state index in [-0.39, 0.29) is 0 Å². The van der Waals surface area contributed by atoms with E-state index in [9.17, 15) is 0 Å². The third-order valence-corrected chi connectivity index (χ3v) is 2.84. The van der Waals surface area contributed by atoms with Crippen LogP contribution in [0.3, 0.4) is 0 Å². The quantitative estimate of drug-likeness (QED) is 0.600. The number of hydrogen-bond donors (Lipinski definition) is 1. The molecule has 0 saturated carbocycles. The maximum Gasteiger partial charge on any atom is 0.133 e. The molecule has 0 bridgehead atoms. The van der Waals surface area contributed by atoms with Crippen molar-refractivity contribution >= 4 is 17.6 Å². The second-order valence-electron chi connectivity index (χ2n) is 2.94. The molecule has 0 unspecified atom stereocenters. The highest BCUT2D eigenvalue weighted by molar-refractivity contribution is 7.99. The fourth-order valence-electron chi connectivity index (χ4n) is 1.35. The number of hydrogen-bond acceptors (Lipinski definition) is 4. The van der Waals surface area contributed by atoms with E-state index in [1.54, 1.807) is 18.1 Å². The molecule has 3 nitrogen and oxygen atoms in total. The van der Waals surface area contributed by atoms with E-state index in [4.69, 9.17) is 0 Å². The lowest BCUT2D eigenvalue weighted by Crippen LogP contribution is -2.02. The minimum atomic E-state index is 0.970. The lowest BCUT2D eigenvalue weighted by atomic mass is 10.2. The fraction of sp³-hybridized carbons (Fsp3) is 0.600. The summed E-state index contributed by atoms with van der Waals surface area (Å²) in [6, 6.07) is 0. The van der Waals surface area contributed by atoms with Crippen molar-refractivity contribution in [3.8, 4) is 0 Å². The lowest BCUT2D eigenvalue weighted by Gasteiger charge is -2.10. The van der Waals surface area contributed by atoms with Gasteiger partial charge in [-0.15, -0.1) is 11.8 Å². The maximum absolute atomic E-state index is 4.31. The molecule has 0 fully saturated rings. The highest BCUT2D eigenvalue weighted by atomic mass is 32.2. The number of nitrogens with zero attached hydrogens (tertiary/aromatic N) is 2. The molecule has 0 radical (unpaired) electrons. The molecule has 0 saturated heterocycles.